The van der Waals surface area contributed by atoms with E-state index in [1.165, 1.54) is 15.4 Å². The summed E-state index contributed by atoms with van der Waals surface area (Å²) in [6.07, 6.45) is 1.12. The molecule has 2 N–H and O–H groups in total. The highest BCUT2D eigenvalue weighted by Gasteiger charge is 2.24. The Morgan fingerprint density at radius 1 is 0.935 bits per heavy atom. The van der Waals surface area contributed by atoms with Crippen LogP contribution in [0, 0.1) is 0 Å². The van der Waals surface area contributed by atoms with Crippen molar-refractivity contribution in [1.82, 2.24) is 9.80 Å². The fourth-order valence-electron chi connectivity index (χ4n) is 3.33. The SMILES string of the molecule is CCN1CCN(C2=Nc3ccccc3Sc3ccccc32)CC1.O=C(O)C=CC(=O)O. The maximum atomic E-state index is 9.55. The lowest BCUT2D eigenvalue weighted by Crippen LogP contribution is -2.48. The van der Waals surface area contributed by atoms with Gasteiger partial charge < -0.3 is 20.0 Å². The number of benzene rings is 2. The van der Waals surface area contributed by atoms with Crippen molar-refractivity contribution >= 4 is 35.2 Å². The van der Waals surface area contributed by atoms with Gasteiger partial charge in [-0.25, -0.2) is 14.6 Å². The summed E-state index contributed by atoms with van der Waals surface area (Å²) in [5.41, 5.74) is 2.35. The Kier molecular flexibility index (Phi) is 7.86. The summed E-state index contributed by atoms with van der Waals surface area (Å²) < 4.78 is 0. The molecular weight excluding hydrogens is 414 g/mol. The number of para-hydroxylation sites is 1. The fourth-order valence-corrected chi connectivity index (χ4v) is 4.35. The minimum Gasteiger partial charge on any atom is -0.478 e. The zero-order chi connectivity index (χ0) is 22.2. The number of likely N-dealkylation sites (N-methyl/N-ethyl adjacent to an activating group) is 1. The predicted octanol–water partition coefficient (Wildman–Crippen LogP) is 3.58. The molecule has 1 saturated heterocycles. The third-order valence-corrected chi connectivity index (χ3v) is 6.07. The van der Waals surface area contributed by atoms with Crippen molar-refractivity contribution in [2.45, 2.75) is 16.7 Å². The number of carboxylic acid groups (broad SMARTS) is 2. The number of piperazine rings is 1. The van der Waals surface area contributed by atoms with E-state index in [0.29, 0.717) is 12.2 Å². The van der Waals surface area contributed by atoms with E-state index in [-0.39, 0.29) is 0 Å². The van der Waals surface area contributed by atoms with Crippen LogP contribution in [-0.4, -0.2) is 70.5 Å². The third-order valence-electron chi connectivity index (χ3n) is 4.93. The van der Waals surface area contributed by atoms with Crippen molar-refractivity contribution in [3.63, 3.8) is 0 Å². The largest absolute Gasteiger partial charge is 0.478 e. The molecule has 31 heavy (non-hydrogen) atoms. The Bertz CT molecular complexity index is 982. The second-order valence-electron chi connectivity index (χ2n) is 6.93. The predicted molar refractivity (Wildman–Crippen MR) is 121 cm³/mol. The summed E-state index contributed by atoms with van der Waals surface area (Å²) >= 11 is 1.82. The van der Waals surface area contributed by atoms with Crippen molar-refractivity contribution in [2.24, 2.45) is 4.99 Å². The van der Waals surface area contributed by atoms with Gasteiger partial charge in [-0.15, -0.1) is 0 Å². The molecule has 2 aliphatic rings. The van der Waals surface area contributed by atoms with E-state index < -0.39 is 11.9 Å². The highest BCUT2D eigenvalue weighted by atomic mass is 32.2. The summed E-state index contributed by atoms with van der Waals surface area (Å²) in [6.45, 7) is 7.71. The maximum Gasteiger partial charge on any atom is 0.328 e. The van der Waals surface area contributed by atoms with Gasteiger partial charge in [-0.3, -0.25) is 0 Å². The zero-order valence-corrected chi connectivity index (χ0v) is 18.1. The fraction of sp³-hybridized carbons (Fsp3) is 0.261. The van der Waals surface area contributed by atoms with E-state index in [2.05, 4.69) is 65.3 Å². The van der Waals surface area contributed by atoms with Crippen molar-refractivity contribution < 1.29 is 19.8 Å². The molecule has 0 amide bonds. The first kappa shape index (κ1) is 22.6. The third kappa shape index (κ3) is 6.19. The molecule has 0 atom stereocenters. The van der Waals surface area contributed by atoms with Crippen molar-refractivity contribution in [1.29, 1.82) is 0 Å². The van der Waals surface area contributed by atoms with Crippen LogP contribution >= 0.6 is 11.8 Å². The lowest BCUT2D eigenvalue weighted by Gasteiger charge is -2.36. The van der Waals surface area contributed by atoms with Gasteiger partial charge >= 0.3 is 11.9 Å². The number of aliphatic carboxylic acids is 2. The Hall–Kier alpha value is -3.10. The molecule has 0 spiro atoms. The minimum absolute atomic E-state index is 0.558. The van der Waals surface area contributed by atoms with Gasteiger partial charge in [0, 0.05) is 53.7 Å². The van der Waals surface area contributed by atoms with Crippen molar-refractivity contribution in [2.75, 3.05) is 32.7 Å². The summed E-state index contributed by atoms with van der Waals surface area (Å²) in [4.78, 5) is 31.7. The number of rotatable bonds is 3. The monoisotopic (exact) mass is 439 g/mol. The van der Waals surface area contributed by atoms with Gasteiger partial charge in [0.25, 0.3) is 0 Å². The second kappa shape index (κ2) is 10.8. The van der Waals surface area contributed by atoms with Crippen LogP contribution in [0.3, 0.4) is 0 Å². The molecule has 162 valence electrons. The van der Waals surface area contributed by atoms with Gasteiger partial charge in [-0.1, -0.05) is 49.0 Å². The van der Waals surface area contributed by atoms with E-state index >= 15 is 0 Å². The van der Waals surface area contributed by atoms with Gasteiger partial charge in [0.15, 0.2) is 0 Å². The molecule has 8 heteroatoms. The molecule has 0 bridgehead atoms. The number of carboxylic acids is 2. The molecule has 0 saturated carbocycles. The number of amidine groups is 1. The number of fused-ring (bicyclic) bond motifs is 2. The van der Waals surface area contributed by atoms with Gasteiger partial charge in [0.1, 0.15) is 5.84 Å². The molecular formula is C23H25N3O4S. The van der Waals surface area contributed by atoms with Crippen LogP contribution in [-0.2, 0) is 9.59 Å². The van der Waals surface area contributed by atoms with Crippen LogP contribution in [0.4, 0.5) is 5.69 Å². The van der Waals surface area contributed by atoms with E-state index in [4.69, 9.17) is 15.2 Å². The molecule has 1 fully saturated rings. The molecule has 2 heterocycles. The van der Waals surface area contributed by atoms with Gasteiger partial charge in [-0.05, 0) is 24.7 Å². The van der Waals surface area contributed by atoms with E-state index in [1.54, 1.807) is 0 Å². The first-order valence-corrected chi connectivity index (χ1v) is 10.9. The van der Waals surface area contributed by atoms with Gasteiger partial charge in [0.2, 0.25) is 0 Å². The molecule has 0 aromatic heterocycles. The summed E-state index contributed by atoms with van der Waals surface area (Å²) in [5.74, 6) is -1.38. The Morgan fingerprint density at radius 3 is 2.13 bits per heavy atom. The standard InChI is InChI=1S/C19H21N3S.C4H4O4/c1-2-21-11-13-22(14-12-21)19-15-7-3-5-9-17(15)23-18-10-6-4-8-16(18)20-19;5-3(6)1-2-4(7)8/h3-10H,2,11-14H2,1H3;1-2H,(H,5,6)(H,7,8). The number of aliphatic imine (C=N–C) groups is 1. The topological polar surface area (TPSA) is 93.4 Å². The molecule has 0 aliphatic carbocycles. The van der Waals surface area contributed by atoms with Crippen LogP contribution < -0.4 is 0 Å². The normalized spacial score (nSPS) is 15.8. The number of hydrogen-bond donors (Lipinski definition) is 2. The molecule has 2 aromatic rings. The Balaban J connectivity index is 0.000000293. The molecule has 0 unspecified atom stereocenters. The summed E-state index contributed by atoms with van der Waals surface area (Å²) in [7, 11) is 0. The maximum absolute atomic E-state index is 9.55. The smallest absolute Gasteiger partial charge is 0.328 e. The molecule has 2 aliphatic heterocycles. The summed E-state index contributed by atoms with van der Waals surface area (Å²) in [5, 5.41) is 15.6. The van der Waals surface area contributed by atoms with Crippen LogP contribution in [0.25, 0.3) is 0 Å². The average Bonchev–Trinajstić information content (AvgIpc) is 2.95. The molecule has 0 radical (unpaired) electrons. The number of nitrogens with zero attached hydrogens (tertiary/aromatic N) is 3. The number of hydrogen-bond acceptors (Lipinski definition) is 6. The van der Waals surface area contributed by atoms with E-state index in [1.807, 2.05) is 11.8 Å². The first-order chi connectivity index (χ1) is 15.0. The first-order valence-electron chi connectivity index (χ1n) is 10.0. The molecule has 2 aromatic carbocycles. The van der Waals surface area contributed by atoms with Crippen LogP contribution in [0.5, 0.6) is 0 Å². The zero-order valence-electron chi connectivity index (χ0n) is 17.3. The lowest BCUT2D eigenvalue weighted by atomic mass is 10.1. The molecule has 7 nitrogen and oxygen atoms in total. The van der Waals surface area contributed by atoms with Crippen LogP contribution in [0.15, 0.2) is 75.5 Å². The quantitative estimate of drug-likeness (QED) is 0.706. The van der Waals surface area contributed by atoms with Crippen molar-refractivity contribution in [3.05, 3.63) is 66.2 Å². The van der Waals surface area contributed by atoms with Gasteiger partial charge in [-0.2, -0.15) is 0 Å². The highest BCUT2D eigenvalue weighted by molar-refractivity contribution is 7.99. The van der Waals surface area contributed by atoms with Crippen LogP contribution in [0.2, 0.25) is 0 Å². The lowest BCUT2D eigenvalue weighted by molar-refractivity contribution is -0.134. The Labute approximate surface area is 185 Å². The molecule has 4 rings (SSSR count). The van der Waals surface area contributed by atoms with E-state index in [0.717, 1.165) is 44.2 Å². The van der Waals surface area contributed by atoms with E-state index in [9.17, 15) is 9.59 Å². The number of carbonyl (C=O) groups is 2. The van der Waals surface area contributed by atoms with Gasteiger partial charge in [0.05, 0.1) is 5.69 Å². The Morgan fingerprint density at radius 2 is 1.52 bits per heavy atom. The average molecular weight is 440 g/mol. The van der Waals surface area contributed by atoms with Crippen LogP contribution in [0.1, 0.15) is 12.5 Å². The van der Waals surface area contributed by atoms with Crippen molar-refractivity contribution in [3.8, 4) is 0 Å². The second-order valence-corrected chi connectivity index (χ2v) is 8.02. The minimum atomic E-state index is -1.26. The highest BCUT2D eigenvalue weighted by Crippen LogP contribution is 2.40. The summed E-state index contributed by atoms with van der Waals surface area (Å²) in [6, 6.07) is 17.1.